The van der Waals surface area contributed by atoms with E-state index in [1.165, 1.54) is 0 Å². The molecule has 0 unspecified atom stereocenters. The van der Waals surface area contributed by atoms with E-state index in [-0.39, 0.29) is 5.91 Å². The van der Waals surface area contributed by atoms with E-state index in [1.807, 2.05) is 32.9 Å². The Balaban J connectivity index is 2.01. The lowest BCUT2D eigenvalue weighted by Gasteiger charge is -2.31. The molecule has 0 aliphatic carbocycles. The number of allylic oxidation sites excluding steroid dienone is 1. The Kier molecular flexibility index (Phi) is 6.33. The van der Waals surface area contributed by atoms with Crippen LogP contribution in [0, 0.1) is 0 Å². The highest BCUT2D eigenvalue weighted by Gasteiger charge is 2.33. The summed E-state index contributed by atoms with van der Waals surface area (Å²) < 4.78 is 6.07. The maximum Gasteiger partial charge on any atom is 0.254 e. The fraction of sp³-hybridized carbons (Fsp3) is 0.300. The SMILES string of the molecule is CCN(CC)C(=O)C1=C(C)NC(=S)N[C@H]1c1ccc(-c2ccc(Cl)cc2Cl)o1. The lowest BCUT2D eigenvalue weighted by atomic mass is 9.99. The second-order valence-corrected chi connectivity index (χ2v) is 7.63. The van der Waals surface area contributed by atoms with E-state index in [0.717, 1.165) is 5.56 Å². The van der Waals surface area contributed by atoms with Gasteiger partial charge in [0.05, 0.1) is 10.6 Å². The van der Waals surface area contributed by atoms with Crippen molar-refractivity contribution in [2.24, 2.45) is 0 Å². The van der Waals surface area contributed by atoms with E-state index in [4.69, 9.17) is 39.8 Å². The second kappa shape index (κ2) is 8.55. The first-order valence-electron chi connectivity index (χ1n) is 8.98. The number of carbonyl (C=O) groups excluding carboxylic acids is 1. The molecule has 0 saturated carbocycles. The largest absolute Gasteiger partial charge is 0.458 e. The van der Waals surface area contributed by atoms with Gasteiger partial charge in [0.25, 0.3) is 5.91 Å². The van der Waals surface area contributed by atoms with Gasteiger partial charge in [-0.1, -0.05) is 23.2 Å². The molecule has 3 rings (SSSR count). The molecule has 0 radical (unpaired) electrons. The van der Waals surface area contributed by atoms with Crippen LogP contribution in [-0.2, 0) is 4.79 Å². The zero-order valence-corrected chi connectivity index (χ0v) is 18.1. The summed E-state index contributed by atoms with van der Waals surface area (Å²) in [4.78, 5) is 14.9. The standard InChI is InChI=1S/C20H21Cl2N3O2S/c1-4-25(5-2)19(26)17-11(3)23-20(28)24-18(17)16-9-8-15(27-16)13-7-6-12(21)10-14(13)22/h6-10,18H,4-5H2,1-3H3,(H2,23,24,28)/t18-/m0/s1. The van der Waals surface area contributed by atoms with E-state index < -0.39 is 6.04 Å². The van der Waals surface area contributed by atoms with E-state index in [1.54, 1.807) is 23.1 Å². The van der Waals surface area contributed by atoms with Crippen molar-refractivity contribution in [3.63, 3.8) is 0 Å². The average Bonchev–Trinajstić information content (AvgIpc) is 3.11. The lowest BCUT2D eigenvalue weighted by molar-refractivity contribution is -0.127. The molecule has 2 N–H and O–H groups in total. The van der Waals surface area contributed by atoms with Crippen molar-refractivity contribution in [2.45, 2.75) is 26.8 Å². The zero-order valence-electron chi connectivity index (χ0n) is 15.8. The Morgan fingerprint density at radius 1 is 1.21 bits per heavy atom. The minimum atomic E-state index is -0.485. The van der Waals surface area contributed by atoms with Crippen LogP contribution in [0.3, 0.4) is 0 Å². The molecule has 1 aromatic carbocycles. The van der Waals surface area contributed by atoms with Crippen molar-refractivity contribution in [3.8, 4) is 11.3 Å². The average molecular weight is 438 g/mol. The van der Waals surface area contributed by atoms with Gasteiger partial charge in [-0.05, 0) is 63.3 Å². The van der Waals surface area contributed by atoms with E-state index in [2.05, 4.69) is 10.6 Å². The number of nitrogens with one attached hydrogen (secondary N) is 2. The molecular formula is C20H21Cl2N3O2S. The predicted octanol–water partition coefficient (Wildman–Crippen LogP) is 4.91. The number of likely N-dealkylation sites (N-methyl/N-ethyl adjacent to an activating group) is 1. The highest BCUT2D eigenvalue weighted by atomic mass is 35.5. The third-order valence-corrected chi connectivity index (χ3v) is 5.43. The monoisotopic (exact) mass is 437 g/mol. The fourth-order valence-corrected chi connectivity index (χ4v) is 3.99. The summed E-state index contributed by atoms with van der Waals surface area (Å²) in [5, 5.41) is 7.69. The first-order chi connectivity index (χ1) is 13.3. The van der Waals surface area contributed by atoms with Crippen LogP contribution >= 0.6 is 35.4 Å². The first kappa shape index (κ1) is 20.7. The zero-order chi connectivity index (χ0) is 20.4. The van der Waals surface area contributed by atoms with Crippen molar-refractivity contribution in [1.29, 1.82) is 0 Å². The smallest absolute Gasteiger partial charge is 0.254 e. The van der Waals surface area contributed by atoms with Crippen LogP contribution in [0.15, 0.2) is 46.0 Å². The van der Waals surface area contributed by atoms with Gasteiger partial charge in [-0.15, -0.1) is 0 Å². The molecular weight excluding hydrogens is 417 g/mol. The van der Waals surface area contributed by atoms with Crippen LogP contribution in [-0.4, -0.2) is 29.0 Å². The normalized spacial score (nSPS) is 16.6. The molecule has 1 aliphatic rings. The van der Waals surface area contributed by atoms with Gasteiger partial charge in [0.2, 0.25) is 0 Å². The van der Waals surface area contributed by atoms with Crippen LogP contribution in [0.5, 0.6) is 0 Å². The molecule has 8 heteroatoms. The van der Waals surface area contributed by atoms with Gasteiger partial charge in [-0.2, -0.15) is 0 Å². The molecule has 2 aromatic rings. The van der Waals surface area contributed by atoms with Crippen LogP contribution in [0.4, 0.5) is 0 Å². The van der Waals surface area contributed by atoms with Gasteiger partial charge in [0, 0.05) is 29.4 Å². The molecule has 1 aliphatic heterocycles. The van der Waals surface area contributed by atoms with Gasteiger partial charge >= 0.3 is 0 Å². The van der Waals surface area contributed by atoms with Gasteiger partial charge < -0.3 is 20.0 Å². The summed E-state index contributed by atoms with van der Waals surface area (Å²) in [5.74, 6) is 1.12. The van der Waals surface area contributed by atoms with Crippen LogP contribution in [0.2, 0.25) is 10.0 Å². The topological polar surface area (TPSA) is 57.5 Å². The van der Waals surface area contributed by atoms with E-state index in [9.17, 15) is 4.79 Å². The third-order valence-electron chi connectivity index (χ3n) is 4.66. The van der Waals surface area contributed by atoms with Crippen LogP contribution < -0.4 is 10.6 Å². The number of benzene rings is 1. The summed E-state index contributed by atoms with van der Waals surface area (Å²) >= 11 is 17.6. The van der Waals surface area contributed by atoms with Gasteiger partial charge in [0.15, 0.2) is 5.11 Å². The maximum atomic E-state index is 13.1. The van der Waals surface area contributed by atoms with E-state index >= 15 is 0 Å². The van der Waals surface area contributed by atoms with E-state index in [0.29, 0.717) is 51.0 Å². The molecule has 1 amide bonds. The number of furan rings is 1. The maximum absolute atomic E-state index is 13.1. The summed E-state index contributed by atoms with van der Waals surface area (Å²) in [5.41, 5.74) is 2.03. The number of rotatable bonds is 5. The fourth-order valence-electron chi connectivity index (χ4n) is 3.21. The quantitative estimate of drug-likeness (QED) is 0.650. The van der Waals surface area contributed by atoms with Crippen molar-refractivity contribution in [3.05, 3.63) is 57.4 Å². The van der Waals surface area contributed by atoms with Crippen LogP contribution in [0.25, 0.3) is 11.3 Å². The number of hydrogen-bond donors (Lipinski definition) is 2. The minimum Gasteiger partial charge on any atom is -0.458 e. The summed E-state index contributed by atoms with van der Waals surface area (Å²) in [6.45, 7) is 6.99. The molecule has 0 spiro atoms. The van der Waals surface area contributed by atoms with Crippen LogP contribution in [0.1, 0.15) is 32.6 Å². The second-order valence-electron chi connectivity index (χ2n) is 6.37. The Labute approximate surface area is 179 Å². The van der Waals surface area contributed by atoms with Gasteiger partial charge in [-0.25, -0.2) is 0 Å². The predicted molar refractivity (Wildman–Crippen MR) is 116 cm³/mol. The molecule has 0 saturated heterocycles. The lowest BCUT2D eigenvalue weighted by Crippen LogP contribution is -2.47. The minimum absolute atomic E-state index is 0.0579. The molecule has 0 bridgehead atoms. The Hall–Kier alpha value is -2.02. The number of carbonyl (C=O) groups is 1. The van der Waals surface area contributed by atoms with Crippen molar-refractivity contribution in [2.75, 3.05) is 13.1 Å². The summed E-state index contributed by atoms with van der Waals surface area (Å²) in [6, 6.07) is 8.39. The Morgan fingerprint density at radius 3 is 2.57 bits per heavy atom. The van der Waals surface area contributed by atoms with Gasteiger partial charge in [-0.3, -0.25) is 4.79 Å². The van der Waals surface area contributed by atoms with Crippen molar-refractivity contribution in [1.82, 2.24) is 15.5 Å². The molecule has 2 heterocycles. The molecule has 1 atom stereocenters. The molecule has 0 fully saturated rings. The van der Waals surface area contributed by atoms with Crippen molar-refractivity contribution < 1.29 is 9.21 Å². The number of thiocarbonyl (C=S) groups is 1. The molecule has 28 heavy (non-hydrogen) atoms. The Bertz CT molecular complexity index is 951. The molecule has 5 nitrogen and oxygen atoms in total. The number of hydrogen-bond acceptors (Lipinski definition) is 3. The third kappa shape index (κ3) is 4.04. The Morgan fingerprint density at radius 2 is 1.93 bits per heavy atom. The number of halogens is 2. The highest BCUT2D eigenvalue weighted by molar-refractivity contribution is 7.80. The molecule has 148 valence electrons. The van der Waals surface area contributed by atoms with Gasteiger partial charge in [0.1, 0.15) is 17.6 Å². The summed E-state index contributed by atoms with van der Waals surface area (Å²) in [7, 11) is 0. The summed E-state index contributed by atoms with van der Waals surface area (Å²) in [6.07, 6.45) is 0. The first-order valence-corrected chi connectivity index (χ1v) is 10.1. The highest BCUT2D eigenvalue weighted by Crippen LogP contribution is 2.35. The molecule has 1 aromatic heterocycles. The van der Waals surface area contributed by atoms with Crippen molar-refractivity contribution >= 4 is 46.4 Å². The number of amides is 1. The number of nitrogens with zero attached hydrogens (tertiary/aromatic N) is 1.